The van der Waals surface area contributed by atoms with Crippen LogP contribution < -0.4 is 11.1 Å². The van der Waals surface area contributed by atoms with Crippen molar-refractivity contribution >= 4 is 23.1 Å². The van der Waals surface area contributed by atoms with Crippen LogP contribution in [0.3, 0.4) is 0 Å². The molecule has 1 amide bonds. The molecule has 0 saturated carbocycles. The molecule has 8 heteroatoms. The van der Waals surface area contributed by atoms with Crippen molar-refractivity contribution in [1.82, 2.24) is 5.32 Å². The highest BCUT2D eigenvalue weighted by molar-refractivity contribution is 7.80. The molecule has 0 saturated heterocycles. The van der Waals surface area contributed by atoms with E-state index in [1.807, 2.05) is 0 Å². The van der Waals surface area contributed by atoms with Crippen LogP contribution in [0.4, 0.5) is 13.2 Å². The van der Waals surface area contributed by atoms with Crippen LogP contribution >= 0.6 is 12.2 Å². The summed E-state index contributed by atoms with van der Waals surface area (Å²) in [6.45, 7) is -2.17. The van der Waals surface area contributed by atoms with Gasteiger partial charge >= 0.3 is 6.18 Å². The zero-order valence-corrected chi connectivity index (χ0v) is 7.87. The molecule has 0 aliphatic heterocycles. The lowest BCUT2D eigenvalue weighted by molar-refractivity contribution is -0.175. The van der Waals surface area contributed by atoms with Gasteiger partial charge in [-0.2, -0.15) is 13.2 Å². The number of halogens is 3. The molecule has 82 valence electrons. The molecule has 0 fully saturated rings. The molecule has 0 aliphatic rings. The first kappa shape index (κ1) is 13.1. The van der Waals surface area contributed by atoms with E-state index in [0.717, 1.165) is 0 Å². The smallest absolute Gasteiger partial charge is 0.392 e. The second kappa shape index (κ2) is 5.76. The van der Waals surface area contributed by atoms with Crippen molar-refractivity contribution < 1.29 is 22.7 Å². The molecule has 0 aromatic heterocycles. The van der Waals surface area contributed by atoms with E-state index in [4.69, 9.17) is 5.73 Å². The van der Waals surface area contributed by atoms with Gasteiger partial charge in [0, 0.05) is 0 Å². The fraction of sp³-hybridized carbons (Fsp3) is 0.667. The highest BCUT2D eigenvalue weighted by Gasteiger charge is 2.27. The lowest BCUT2D eigenvalue weighted by Gasteiger charge is -2.07. The van der Waals surface area contributed by atoms with Gasteiger partial charge < -0.3 is 15.8 Å². The van der Waals surface area contributed by atoms with Crippen LogP contribution in [0.2, 0.25) is 0 Å². The van der Waals surface area contributed by atoms with Gasteiger partial charge in [-0.05, 0) is 0 Å². The van der Waals surface area contributed by atoms with Crippen molar-refractivity contribution in [3.8, 4) is 0 Å². The van der Waals surface area contributed by atoms with E-state index in [9.17, 15) is 18.0 Å². The lowest BCUT2D eigenvalue weighted by atomic mass is 10.5. The predicted molar refractivity (Wildman–Crippen MR) is 46.7 cm³/mol. The monoisotopic (exact) mass is 230 g/mol. The Morgan fingerprint density at radius 1 is 1.50 bits per heavy atom. The number of thiocarbonyl (C=S) groups is 1. The standard InChI is InChI=1S/C6H9F3N2O2S/c7-6(8,9)3-13-2-5(12)11-1-4(10)14/h1-3H2,(H2,10,14)(H,11,12). The van der Waals surface area contributed by atoms with Gasteiger partial charge in [0.05, 0.1) is 11.5 Å². The Balaban J connectivity index is 3.50. The van der Waals surface area contributed by atoms with E-state index in [0.29, 0.717) is 0 Å². The number of nitrogens with two attached hydrogens (primary N) is 1. The Morgan fingerprint density at radius 2 is 2.07 bits per heavy atom. The second-order valence-electron chi connectivity index (χ2n) is 2.35. The topological polar surface area (TPSA) is 64.3 Å². The molecule has 0 aromatic carbocycles. The molecular weight excluding hydrogens is 221 g/mol. The third-order valence-corrected chi connectivity index (χ3v) is 1.10. The zero-order valence-electron chi connectivity index (χ0n) is 7.06. The van der Waals surface area contributed by atoms with Crippen molar-refractivity contribution in [2.75, 3.05) is 19.8 Å². The average molecular weight is 230 g/mol. The van der Waals surface area contributed by atoms with E-state index >= 15 is 0 Å². The molecule has 0 radical (unpaired) electrons. The summed E-state index contributed by atoms with van der Waals surface area (Å²) >= 11 is 4.43. The van der Waals surface area contributed by atoms with Crippen LogP contribution in [-0.2, 0) is 9.53 Å². The maximum absolute atomic E-state index is 11.5. The van der Waals surface area contributed by atoms with Crippen LogP contribution in [-0.4, -0.2) is 36.8 Å². The molecule has 3 N–H and O–H groups in total. The number of ether oxygens (including phenoxy) is 1. The number of hydrogen-bond acceptors (Lipinski definition) is 3. The number of carbonyl (C=O) groups is 1. The first-order valence-electron chi connectivity index (χ1n) is 3.51. The number of carbonyl (C=O) groups excluding carboxylic acids is 1. The molecule has 0 unspecified atom stereocenters. The fourth-order valence-electron chi connectivity index (χ4n) is 0.496. The van der Waals surface area contributed by atoms with Crippen LogP contribution in [0.5, 0.6) is 0 Å². The Morgan fingerprint density at radius 3 is 2.50 bits per heavy atom. The fourth-order valence-corrected chi connectivity index (χ4v) is 0.568. The number of hydrogen-bond donors (Lipinski definition) is 2. The van der Waals surface area contributed by atoms with Crippen molar-refractivity contribution in [3.05, 3.63) is 0 Å². The minimum absolute atomic E-state index is 0.0502. The lowest BCUT2D eigenvalue weighted by Crippen LogP contribution is -2.35. The molecule has 0 heterocycles. The summed E-state index contributed by atoms with van der Waals surface area (Å²) in [5.41, 5.74) is 5.03. The van der Waals surface area contributed by atoms with Gasteiger partial charge in [0.2, 0.25) is 5.91 Å². The molecule has 0 aliphatic carbocycles. The van der Waals surface area contributed by atoms with Gasteiger partial charge in [-0.1, -0.05) is 12.2 Å². The maximum atomic E-state index is 11.5. The predicted octanol–water partition coefficient (Wildman–Crippen LogP) is -0.0324. The van der Waals surface area contributed by atoms with Gasteiger partial charge in [0.15, 0.2) is 0 Å². The minimum Gasteiger partial charge on any atom is -0.392 e. The number of nitrogens with one attached hydrogen (secondary N) is 1. The van der Waals surface area contributed by atoms with E-state index in [1.165, 1.54) is 0 Å². The molecule has 0 bridgehead atoms. The van der Waals surface area contributed by atoms with E-state index in [2.05, 4.69) is 22.3 Å². The number of amides is 1. The second-order valence-corrected chi connectivity index (χ2v) is 2.88. The van der Waals surface area contributed by atoms with E-state index in [-0.39, 0.29) is 11.5 Å². The van der Waals surface area contributed by atoms with Crippen molar-refractivity contribution in [3.63, 3.8) is 0 Å². The molecule has 0 rings (SSSR count). The number of alkyl halides is 3. The third-order valence-electron chi connectivity index (χ3n) is 0.959. The van der Waals surface area contributed by atoms with Crippen molar-refractivity contribution in [2.45, 2.75) is 6.18 Å². The molecular formula is C6H9F3N2O2S. The Bertz CT molecular complexity index is 220. The van der Waals surface area contributed by atoms with Crippen LogP contribution in [0, 0.1) is 0 Å². The quantitative estimate of drug-likeness (QED) is 0.651. The minimum atomic E-state index is -4.43. The van der Waals surface area contributed by atoms with Gasteiger partial charge in [-0.3, -0.25) is 4.79 Å². The Labute approximate surface area is 83.6 Å². The molecule has 14 heavy (non-hydrogen) atoms. The first-order chi connectivity index (χ1) is 6.31. The third kappa shape index (κ3) is 9.20. The summed E-state index contributed by atoms with van der Waals surface area (Å²) in [6.07, 6.45) is -4.43. The van der Waals surface area contributed by atoms with Crippen LogP contribution in [0.1, 0.15) is 0 Å². The van der Waals surface area contributed by atoms with Gasteiger partial charge in [0.25, 0.3) is 0 Å². The SMILES string of the molecule is NC(=S)CNC(=O)COCC(F)(F)F. The Kier molecular flexibility index (Phi) is 5.39. The largest absolute Gasteiger partial charge is 0.411 e. The van der Waals surface area contributed by atoms with Crippen molar-refractivity contribution in [1.29, 1.82) is 0 Å². The molecule has 0 aromatic rings. The summed E-state index contributed by atoms with van der Waals surface area (Å²) in [5, 5.41) is 2.17. The first-order valence-corrected chi connectivity index (χ1v) is 3.91. The molecule has 0 atom stereocenters. The number of rotatable bonds is 5. The summed E-state index contributed by atoms with van der Waals surface area (Å²) < 4.78 is 38.6. The van der Waals surface area contributed by atoms with Gasteiger partial charge in [0.1, 0.15) is 13.2 Å². The van der Waals surface area contributed by atoms with Crippen molar-refractivity contribution in [2.24, 2.45) is 5.73 Å². The van der Waals surface area contributed by atoms with E-state index < -0.39 is 25.3 Å². The van der Waals surface area contributed by atoms with Crippen LogP contribution in [0.15, 0.2) is 0 Å². The average Bonchev–Trinajstić information content (AvgIpc) is 1.98. The zero-order chi connectivity index (χ0) is 11.2. The highest BCUT2D eigenvalue weighted by Crippen LogP contribution is 2.13. The summed E-state index contributed by atoms with van der Waals surface area (Å²) in [4.78, 5) is 10.8. The highest BCUT2D eigenvalue weighted by atomic mass is 32.1. The van der Waals surface area contributed by atoms with Gasteiger partial charge in [-0.25, -0.2) is 0 Å². The maximum Gasteiger partial charge on any atom is 0.411 e. The van der Waals surface area contributed by atoms with Gasteiger partial charge in [-0.15, -0.1) is 0 Å². The Hall–Kier alpha value is -0.890. The summed E-state index contributed by atoms with van der Waals surface area (Å²) in [6, 6.07) is 0. The van der Waals surface area contributed by atoms with Crippen LogP contribution in [0.25, 0.3) is 0 Å². The summed E-state index contributed by atoms with van der Waals surface area (Å²) in [7, 11) is 0. The normalized spacial score (nSPS) is 11.1. The molecule has 4 nitrogen and oxygen atoms in total. The summed E-state index contributed by atoms with van der Waals surface area (Å²) in [5.74, 6) is -0.693. The molecule has 0 spiro atoms. The van der Waals surface area contributed by atoms with E-state index in [1.54, 1.807) is 0 Å².